The highest BCUT2D eigenvalue weighted by Gasteiger charge is 2.56. The number of rotatable bonds is 6. The van der Waals surface area contributed by atoms with Gasteiger partial charge in [-0.15, -0.1) is 0 Å². The standard InChI is InChI=1S/C32H43Cl2N5O/c1-19-17-39(18-20(2)36-19)31(38-29-15-24-14-27(21(29)3)32(24,4)5)37-26-10-7-23(8-11-26)30(40)35-13-12-22-6-9-25(33)16-28(22)34/h6-11,16,19-21,24,27,29,36H,12-15,17-18H2,1-5H3,(H,35,40)(H,37,38)/t19?,20?,21-,24+,27-,29-/m0/s1. The molecule has 4 fully saturated rings. The number of anilines is 1. The van der Waals surface area contributed by atoms with Crippen molar-refractivity contribution in [3.63, 3.8) is 0 Å². The Hall–Kier alpha value is -2.28. The van der Waals surface area contributed by atoms with Gasteiger partial charge in [0, 0.05) is 53.0 Å². The molecule has 2 aromatic rings. The minimum absolute atomic E-state index is 0.104. The SMILES string of the molecule is CC1CN(/C(=N/[C@H]2C[C@H]3C[C@@H]([C@@H]2C)C3(C)C)Nc2ccc(C(=O)NCCc3ccc(Cl)cc3Cl)cc2)CC(C)N1. The predicted octanol–water partition coefficient (Wildman–Crippen LogP) is 6.49. The maximum atomic E-state index is 12.8. The molecule has 3 saturated carbocycles. The molecule has 0 radical (unpaired) electrons. The Morgan fingerprint density at radius 2 is 1.75 bits per heavy atom. The van der Waals surface area contributed by atoms with Crippen LogP contribution in [0.1, 0.15) is 63.4 Å². The van der Waals surface area contributed by atoms with Gasteiger partial charge in [0.1, 0.15) is 0 Å². The van der Waals surface area contributed by atoms with Crippen LogP contribution in [0.2, 0.25) is 10.0 Å². The van der Waals surface area contributed by atoms with E-state index in [1.807, 2.05) is 36.4 Å². The van der Waals surface area contributed by atoms with Gasteiger partial charge in [-0.1, -0.05) is 50.0 Å². The predicted molar refractivity (Wildman–Crippen MR) is 167 cm³/mol. The summed E-state index contributed by atoms with van der Waals surface area (Å²) in [5.41, 5.74) is 2.96. The Morgan fingerprint density at radius 1 is 1.05 bits per heavy atom. The Bertz CT molecular complexity index is 1240. The second kappa shape index (κ2) is 11.9. The van der Waals surface area contributed by atoms with Gasteiger partial charge in [0.15, 0.2) is 5.96 Å². The smallest absolute Gasteiger partial charge is 0.251 e. The van der Waals surface area contributed by atoms with Gasteiger partial charge in [0.2, 0.25) is 0 Å². The van der Waals surface area contributed by atoms with Gasteiger partial charge in [0.05, 0.1) is 6.04 Å². The molecule has 216 valence electrons. The number of nitrogens with zero attached hydrogens (tertiary/aromatic N) is 2. The van der Waals surface area contributed by atoms with Crippen molar-refractivity contribution in [3.8, 4) is 0 Å². The van der Waals surface area contributed by atoms with Crippen molar-refractivity contribution in [1.29, 1.82) is 0 Å². The lowest BCUT2D eigenvalue weighted by Crippen LogP contribution is -2.59. The summed E-state index contributed by atoms with van der Waals surface area (Å²) in [6.45, 7) is 14.0. The molecule has 6 atom stereocenters. The molecule has 1 amide bonds. The van der Waals surface area contributed by atoms with Crippen LogP contribution in [0.3, 0.4) is 0 Å². The minimum atomic E-state index is -0.104. The van der Waals surface area contributed by atoms with Crippen LogP contribution < -0.4 is 16.0 Å². The van der Waals surface area contributed by atoms with Gasteiger partial charge in [-0.2, -0.15) is 0 Å². The molecule has 0 aromatic heterocycles. The first-order chi connectivity index (χ1) is 19.0. The number of guanidine groups is 1. The Labute approximate surface area is 249 Å². The molecule has 1 heterocycles. The lowest BCUT2D eigenvalue weighted by molar-refractivity contribution is -0.108. The molecule has 3 aliphatic carbocycles. The van der Waals surface area contributed by atoms with Crippen LogP contribution >= 0.6 is 23.2 Å². The van der Waals surface area contributed by atoms with E-state index >= 15 is 0 Å². The van der Waals surface area contributed by atoms with Crippen molar-refractivity contribution in [2.45, 2.75) is 72.0 Å². The highest BCUT2D eigenvalue weighted by molar-refractivity contribution is 6.35. The van der Waals surface area contributed by atoms with Crippen LogP contribution in [-0.4, -0.2) is 54.5 Å². The van der Waals surface area contributed by atoms with E-state index in [0.717, 1.165) is 48.6 Å². The summed E-state index contributed by atoms with van der Waals surface area (Å²) in [6, 6.07) is 14.2. The fourth-order valence-electron chi connectivity index (χ4n) is 7.11. The van der Waals surface area contributed by atoms with E-state index in [0.29, 0.717) is 58.0 Å². The van der Waals surface area contributed by atoms with Gasteiger partial charge in [-0.05, 0) is 98.2 Å². The van der Waals surface area contributed by atoms with Gasteiger partial charge in [-0.25, -0.2) is 4.99 Å². The second-order valence-electron chi connectivity index (χ2n) is 12.8. The number of aliphatic imine (C=N–C) groups is 1. The van der Waals surface area contributed by atoms with E-state index in [4.69, 9.17) is 28.2 Å². The number of carbonyl (C=O) groups excluding carboxylic acids is 1. The summed E-state index contributed by atoms with van der Waals surface area (Å²) in [5.74, 6) is 2.93. The highest BCUT2D eigenvalue weighted by Crippen LogP contribution is 2.61. The quantitative estimate of drug-likeness (QED) is 0.268. The first kappa shape index (κ1) is 29.2. The summed E-state index contributed by atoms with van der Waals surface area (Å²) in [4.78, 5) is 20.6. The average Bonchev–Trinajstić information content (AvgIpc) is 2.90. The van der Waals surface area contributed by atoms with Crippen molar-refractivity contribution in [2.24, 2.45) is 28.2 Å². The van der Waals surface area contributed by atoms with Crippen LogP contribution in [0.5, 0.6) is 0 Å². The van der Waals surface area contributed by atoms with Crippen LogP contribution in [0.15, 0.2) is 47.5 Å². The molecule has 2 bridgehead atoms. The number of fused-ring (bicyclic) bond motifs is 2. The molecule has 2 unspecified atom stereocenters. The van der Waals surface area contributed by atoms with Crippen molar-refractivity contribution in [3.05, 3.63) is 63.6 Å². The first-order valence-electron chi connectivity index (χ1n) is 14.7. The van der Waals surface area contributed by atoms with E-state index in [-0.39, 0.29) is 5.91 Å². The largest absolute Gasteiger partial charge is 0.352 e. The van der Waals surface area contributed by atoms with Crippen LogP contribution in [0.25, 0.3) is 0 Å². The summed E-state index contributed by atoms with van der Waals surface area (Å²) in [7, 11) is 0. The first-order valence-corrected chi connectivity index (χ1v) is 15.4. The third-order valence-electron chi connectivity index (χ3n) is 9.56. The lowest BCUT2D eigenvalue weighted by Gasteiger charge is -2.61. The zero-order valence-corrected chi connectivity index (χ0v) is 25.8. The molecule has 1 saturated heterocycles. The molecular weight excluding hydrogens is 541 g/mol. The van der Waals surface area contributed by atoms with Gasteiger partial charge >= 0.3 is 0 Å². The number of carbonyl (C=O) groups is 1. The van der Waals surface area contributed by atoms with Crippen LogP contribution in [0.4, 0.5) is 5.69 Å². The molecule has 6 rings (SSSR count). The van der Waals surface area contributed by atoms with Gasteiger partial charge < -0.3 is 20.9 Å². The maximum absolute atomic E-state index is 12.8. The average molecular weight is 585 g/mol. The second-order valence-corrected chi connectivity index (χ2v) is 13.6. The van der Waals surface area contributed by atoms with E-state index in [1.54, 1.807) is 6.07 Å². The number of halogens is 2. The summed E-state index contributed by atoms with van der Waals surface area (Å²) in [5, 5.41) is 11.5. The number of amides is 1. The Balaban J connectivity index is 1.25. The molecule has 0 spiro atoms. The molecule has 4 aliphatic rings. The zero-order valence-electron chi connectivity index (χ0n) is 24.3. The molecule has 8 heteroatoms. The molecule has 40 heavy (non-hydrogen) atoms. The number of hydrogen-bond acceptors (Lipinski definition) is 3. The summed E-state index contributed by atoms with van der Waals surface area (Å²) >= 11 is 12.2. The minimum Gasteiger partial charge on any atom is -0.352 e. The van der Waals surface area contributed by atoms with Crippen LogP contribution in [0, 0.1) is 23.2 Å². The van der Waals surface area contributed by atoms with E-state index in [9.17, 15) is 4.79 Å². The summed E-state index contributed by atoms with van der Waals surface area (Å²) < 4.78 is 0. The molecule has 2 aromatic carbocycles. The van der Waals surface area contributed by atoms with E-state index in [2.05, 4.69) is 55.5 Å². The molecule has 1 aliphatic heterocycles. The van der Waals surface area contributed by atoms with E-state index < -0.39 is 0 Å². The van der Waals surface area contributed by atoms with E-state index in [1.165, 1.54) is 6.42 Å². The van der Waals surface area contributed by atoms with Gasteiger partial charge in [0.25, 0.3) is 5.91 Å². The zero-order chi connectivity index (χ0) is 28.6. The molecule has 3 N–H and O–H groups in total. The number of benzene rings is 2. The Morgan fingerprint density at radius 3 is 2.38 bits per heavy atom. The lowest BCUT2D eigenvalue weighted by atomic mass is 9.45. The summed E-state index contributed by atoms with van der Waals surface area (Å²) in [6.07, 6.45) is 3.15. The normalized spacial score (nSPS) is 29.5. The molecule has 6 nitrogen and oxygen atoms in total. The fourth-order valence-corrected chi connectivity index (χ4v) is 7.62. The van der Waals surface area contributed by atoms with Crippen molar-refractivity contribution >= 4 is 40.8 Å². The fraction of sp³-hybridized carbons (Fsp3) is 0.562. The number of piperazine rings is 1. The van der Waals surface area contributed by atoms with Gasteiger partial charge in [-0.3, -0.25) is 4.79 Å². The van der Waals surface area contributed by atoms with Crippen LogP contribution in [-0.2, 0) is 6.42 Å². The number of nitrogens with one attached hydrogen (secondary N) is 3. The third-order valence-corrected chi connectivity index (χ3v) is 10.1. The maximum Gasteiger partial charge on any atom is 0.251 e. The number of hydrogen-bond donors (Lipinski definition) is 3. The molecular formula is C32H43Cl2N5O. The Kier molecular flexibility index (Phi) is 8.70. The third kappa shape index (κ3) is 6.29. The topological polar surface area (TPSA) is 68.8 Å². The highest BCUT2D eigenvalue weighted by atomic mass is 35.5. The van der Waals surface area contributed by atoms with Crippen molar-refractivity contribution < 1.29 is 4.79 Å². The van der Waals surface area contributed by atoms with Crippen molar-refractivity contribution in [1.82, 2.24) is 15.5 Å². The van der Waals surface area contributed by atoms with Crippen molar-refractivity contribution in [2.75, 3.05) is 25.0 Å². The monoisotopic (exact) mass is 583 g/mol.